The number of hydrogen-bond donors (Lipinski definition) is 2. The number of aliphatic hydroxyl groups excluding tert-OH is 1. The molecule has 0 unspecified atom stereocenters. The molecule has 5 nitrogen and oxygen atoms in total. The minimum absolute atomic E-state index is 0.0144. The molecule has 3 aromatic rings. The van der Waals surface area contributed by atoms with Crippen molar-refractivity contribution in [1.29, 1.82) is 0 Å². The fraction of sp³-hybridized carbons (Fsp3) is 0.167. The van der Waals surface area contributed by atoms with Crippen molar-refractivity contribution < 1.29 is 5.11 Å². The van der Waals surface area contributed by atoms with E-state index in [9.17, 15) is 4.79 Å². The molecule has 0 saturated carbocycles. The van der Waals surface area contributed by atoms with Gasteiger partial charge in [0.15, 0.2) is 0 Å². The number of thiophene rings is 1. The lowest BCUT2D eigenvalue weighted by Crippen LogP contribution is -2.12. The highest BCUT2D eigenvalue weighted by Gasteiger charge is 2.05. The van der Waals surface area contributed by atoms with E-state index in [1.54, 1.807) is 0 Å². The van der Waals surface area contributed by atoms with Crippen LogP contribution in [-0.2, 0) is 13.2 Å². The second-order valence-electron chi connectivity index (χ2n) is 4.00. The van der Waals surface area contributed by atoms with Crippen molar-refractivity contribution in [3.05, 3.63) is 51.6 Å². The quantitative estimate of drug-likeness (QED) is 0.747. The third-order valence-corrected chi connectivity index (χ3v) is 3.59. The van der Waals surface area contributed by atoms with Crippen LogP contribution in [0.3, 0.4) is 0 Å². The highest BCUT2D eigenvalue weighted by atomic mass is 32.1. The molecule has 0 saturated heterocycles. The average molecular weight is 261 g/mol. The maximum Gasteiger partial charge on any atom is 0.268 e. The Bertz CT molecular complexity index is 741. The van der Waals surface area contributed by atoms with E-state index in [-0.39, 0.29) is 12.2 Å². The minimum atomic E-state index is -0.0977. The van der Waals surface area contributed by atoms with E-state index in [4.69, 9.17) is 5.11 Å². The molecule has 3 aromatic heterocycles. The number of nitrogens with one attached hydrogen (secondary N) is 1. The van der Waals surface area contributed by atoms with Crippen molar-refractivity contribution in [2.24, 2.45) is 0 Å². The molecule has 0 amide bonds. The molecular weight excluding hydrogens is 250 g/mol. The van der Waals surface area contributed by atoms with Crippen molar-refractivity contribution in [3.63, 3.8) is 0 Å². The van der Waals surface area contributed by atoms with Gasteiger partial charge in [0.2, 0.25) is 0 Å². The van der Waals surface area contributed by atoms with Gasteiger partial charge in [-0.3, -0.25) is 4.79 Å². The summed E-state index contributed by atoms with van der Waals surface area (Å²) < 4.78 is 2.53. The van der Waals surface area contributed by atoms with E-state index >= 15 is 0 Å². The molecule has 3 rings (SSSR count). The Morgan fingerprint density at radius 3 is 3.11 bits per heavy atom. The molecule has 0 fully saturated rings. The normalized spacial score (nSPS) is 11.2. The molecule has 0 aliphatic heterocycles. The number of aromatic nitrogens is 3. The summed E-state index contributed by atoms with van der Waals surface area (Å²) in [6.07, 6.45) is 3.68. The maximum absolute atomic E-state index is 11.8. The summed E-state index contributed by atoms with van der Waals surface area (Å²) in [5.41, 5.74) is 1.47. The van der Waals surface area contributed by atoms with Gasteiger partial charge in [-0.15, -0.1) is 11.3 Å². The number of hydrogen-bond acceptors (Lipinski definition) is 4. The molecule has 92 valence electrons. The monoisotopic (exact) mass is 261 g/mol. The fourth-order valence-electron chi connectivity index (χ4n) is 1.85. The molecule has 0 radical (unpaired) electrons. The van der Waals surface area contributed by atoms with Crippen LogP contribution in [0.15, 0.2) is 34.7 Å². The predicted octanol–water partition coefficient (Wildman–Crippen LogP) is 1.33. The fourth-order valence-corrected chi connectivity index (χ4v) is 2.58. The first-order valence-electron chi connectivity index (χ1n) is 5.48. The molecule has 0 bridgehead atoms. The largest absolute Gasteiger partial charge is 0.392 e. The van der Waals surface area contributed by atoms with Crippen LogP contribution in [0.5, 0.6) is 0 Å². The van der Waals surface area contributed by atoms with Gasteiger partial charge in [0.05, 0.1) is 18.7 Å². The topological polar surface area (TPSA) is 70.9 Å². The minimum Gasteiger partial charge on any atom is -0.392 e. The van der Waals surface area contributed by atoms with E-state index in [0.29, 0.717) is 17.1 Å². The van der Waals surface area contributed by atoms with Gasteiger partial charge in [0.25, 0.3) is 5.56 Å². The van der Waals surface area contributed by atoms with Gasteiger partial charge < -0.3 is 14.7 Å². The van der Waals surface area contributed by atoms with E-state index in [0.717, 1.165) is 11.1 Å². The molecule has 0 atom stereocenters. The molecule has 6 heteroatoms. The lowest BCUT2D eigenvalue weighted by molar-refractivity contribution is 0.281. The molecule has 0 aromatic carbocycles. The van der Waals surface area contributed by atoms with E-state index in [2.05, 4.69) is 9.97 Å². The van der Waals surface area contributed by atoms with Crippen molar-refractivity contribution in [2.45, 2.75) is 13.2 Å². The molecule has 2 N–H and O–H groups in total. The average Bonchev–Trinajstić information content (AvgIpc) is 2.97. The van der Waals surface area contributed by atoms with Crippen LogP contribution in [-0.4, -0.2) is 19.6 Å². The third-order valence-electron chi connectivity index (χ3n) is 2.69. The molecule has 0 spiro atoms. The first kappa shape index (κ1) is 11.2. The number of H-pyrrole nitrogens is 1. The van der Waals surface area contributed by atoms with Gasteiger partial charge in [-0.25, -0.2) is 4.98 Å². The van der Waals surface area contributed by atoms with Crippen LogP contribution in [0.25, 0.3) is 10.2 Å². The van der Waals surface area contributed by atoms with Crippen LogP contribution < -0.4 is 5.56 Å². The summed E-state index contributed by atoms with van der Waals surface area (Å²) in [5.74, 6) is 0.617. The number of fused-ring (bicyclic) bond motifs is 1. The third kappa shape index (κ3) is 1.96. The van der Waals surface area contributed by atoms with Crippen molar-refractivity contribution in [3.8, 4) is 0 Å². The zero-order chi connectivity index (χ0) is 12.5. The summed E-state index contributed by atoms with van der Waals surface area (Å²) in [7, 11) is 0. The zero-order valence-corrected chi connectivity index (χ0v) is 10.3. The van der Waals surface area contributed by atoms with Crippen LogP contribution in [0.1, 0.15) is 11.4 Å². The number of aliphatic hydroxyl groups is 1. The first-order valence-corrected chi connectivity index (χ1v) is 6.36. The Kier molecular flexibility index (Phi) is 2.73. The SMILES string of the molecule is O=c1[nH]c(Cn2ccc(CO)c2)nc2ccsc12. The Balaban J connectivity index is 1.96. The van der Waals surface area contributed by atoms with Crippen LogP contribution >= 0.6 is 11.3 Å². The van der Waals surface area contributed by atoms with Crippen molar-refractivity contribution >= 4 is 21.6 Å². The maximum atomic E-state index is 11.8. The van der Waals surface area contributed by atoms with Crippen LogP contribution in [0.4, 0.5) is 0 Å². The van der Waals surface area contributed by atoms with E-state index < -0.39 is 0 Å². The molecule has 18 heavy (non-hydrogen) atoms. The Labute approximate surface area is 106 Å². The van der Waals surface area contributed by atoms with Gasteiger partial charge in [0, 0.05) is 12.4 Å². The van der Waals surface area contributed by atoms with Gasteiger partial charge in [-0.05, 0) is 23.1 Å². The predicted molar refractivity (Wildman–Crippen MR) is 69.7 cm³/mol. The summed E-state index contributed by atoms with van der Waals surface area (Å²) in [6, 6.07) is 3.68. The zero-order valence-electron chi connectivity index (χ0n) is 9.46. The van der Waals surface area contributed by atoms with Gasteiger partial charge >= 0.3 is 0 Å². The highest BCUT2D eigenvalue weighted by Crippen LogP contribution is 2.14. The summed E-state index contributed by atoms with van der Waals surface area (Å²) in [4.78, 5) is 18.9. The number of aromatic amines is 1. The van der Waals surface area contributed by atoms with Crippen LogP contribution in [0, 0.1) is 0 Å². The second kappa shape index (κ2) is 4.40. The molecule has 0 aliphatic rings. The smallest absolute Gasteiger partial charge is 0.268 e. The van der Waals surface area contributed by atoms with E-state index in [1.165, 1.54) is 11.3 Å². The summed E-state index contributed by atoms with van der Waals surface area (Å²) in [5, 5.41) is 10.8. The van der Waals surface area contributed by atoms with Crippen molar-refractivity contribution in [1.82, 2.24) is 14.5 Å². The van der Waals surface area contributed by atoms with Crippen molar-refractivity contribution in [2.75, 3.05) is 0 Å². The second-order valence-corrected chi connectivity index (χ2v) is 4.91. The Morgan fingerprint density at radius 2 is 2.33 bits per heavy atom. The van der Waals surface area contributed by atoms with Gasteiger partial charge in [-0.1, -0.05) is 0 Å². The number of nitrogens with zero attached hydrogens (tertiary/aromatic N) is 2. The summed E-state index contributed by atoms with van der Waals surface area (Å²) >= 11 is 1.39. The van der Waals surface area contributed by atoms with Gasteiger partial charge in [0.1, 0.15) is 10.5 Å². The first-order chi connectivity index (χ1) is 8.76. The highest BCUT2D eigenvalue weighted by molar-refractivity contribution is 7.17. The standard InChI is InChI=1S/C12H11N3O2S/c16-7-8-1-3-15(5-8)6-10-13-9-2-4-18-11(9)12(17)14-10/h1-5,16H,6-7H2,(H,13,14,17). The molecule has 0 aliphatic carbocycles. The Hall–Kier alpha value is -1.92. The Morgan fingerprint density at radius 1 is 1.44 bits per heavy atom. The molecule has 3 heterocycles. The lowest BCUT2D eigenvalue weighted by Gasteiger charge is -2.02. The lowest BCUT2D eigenvalue weighted by atomic mass is 10.4. The van der Waals surface area contributed by atoms with Crippen LogP contribution in [0.2, 0.25) is 0 Å². The summed E-state index contributed by atoms with van der Waals surface area (Å²) in [6.45, 7) is 0.502. The molecular formula is C12H11N3O2S. The van der Waals surface area contributed by atoms with Gasteiger partial charge in [-0.2, -0.15) is 0 Å². The van der Waals surface area contributed by atoms with E-state index in [1.807, 2.05) is 34.5 Å². The number of rotatable bonds is 3.